The van der Waals surface area contributed by atoms with Crippen LogP contribution in [0.3, 0.4) is 0 Å². The van der Waals surface area contributed by atoms with Crippen molar-refractivity contribution in [2.75, 3.05) is 0 Å². The first-order valence-electron chi connectivity index (χ1n) is 8.32. The summed E-state index contributed by atoms with van der Waals surface area (Å²) in [6.45, 7) is 2.03. The smallest absolute Gasteiger partial charge is 0.254 e. The summed E-state index contributed by atoms with van der Waals surface area (Å²) in [6, 6.07) is 15.9. The largest absolute Gasteiger partial charge is 2.00 e. The van der Waals surface area contributed by atoms with Gasteiger partial charge in [0.15, 0.2) is 0 Å². The zero-order valence-electron chi connectivity index (χ0n) is 14.8. The molecule has 0 unspecified atom stereocenters. The molecule has 0 amide bonds. The average Bonchev–Trinajstić information content (AvgIpc) is 3.37. The standard InChI is InChI=1S/C18H14BrOS.C5H5.Fe/c1-13-9-11-14(12-10-13)21(20)18-8-4-6-16(18)15-5-2-3-7-17(15)19;1-2-4-5-3-1;/h2-12H,1H3;1-5H;/q;;+2/t21-;;/m1../s1. The molecule has 2 aromatic rings. The molecule has 2 saturated carbocycles. The molecule has 27 heavy (non-hydrogen) atoms. The van der Waals surface area contributed by atoms with Gasteiger partial charge in [0.25, 0.3) is 0 Å². The van der Waals surface area contributed by atoms with Crippen molar-refractivity contribution in [1.82, 2.24) is 0 Å². The Hall–Kier alpha value is -0.411. The van der Waals surface area contributed by atoms with Crippen LogP contribution in [0.4, 0.5) is 0 Å². The van der Waals surface area contributed by atoms with Gasteiger partial charge in [-0.15, -0.1) is 0 Å². The van der Waals surface area contributed by atoms with Crippen LogP contribution in [-0.4, -0.2) is 4.21 Å². The molecule has 0 N–H and O–H groups in total. The number of halogens is 1. The third-order valence-electron chi connectivity index (χ3n) is 3.93. The van der Waals surface area contributed by atoms with Crippen LogP contribution in [0.15, 0.2) is 57.9 Å². The monoisotopic (exact) mass is 478 g/mol. The second-order valence-corrected chi connectivity index (χ2v) is 8.13. The van der Waals surface area contributed by atoms with Gasteiger partial charge in [-0.25, -0.2) is 0 Å². The van der Waals surface area contributed by atoms with Gasteiger partial charge in [0.05, 0.1) is 16.0 Å². The first-order chi connectivity index (χ1) is 12.7. The van der Waals surface area contributed by atoms with E-state index in [2.05, 4.69) is 15.9 Å². The Balaban J connectivity index is 0.000000379. The Kier molecular flexibility index (Phi) is 9.79. The van der Waals surface area contributed by atoms with E-state index in [0.717, 1.165) is 26.1 Å². The number of hydrogen-bond donors (Lipinski definition) is 0. The average molecular weight is 479 g/mol. The summed E-state index contributed by atoms with van der Waals surface area (Å²) in [7, 11) is -1.17. The summed E-state index contributed by atoms with van der Waals surface area (Å²) in [5.41, 5.74) is 2.24. The van der Waals surface area contributed by atoms with Crippen LogP contribution in [-0.2, 0) is 27.9 Å². The molecule has 136 valence electrons. The molecule has 0 aromatic heterocycles. The SMILES string of the molecule is Cc1ccc([S@@](=O)[C]2[CH][CH][CH][C]2c2ccccc2Br)cc1.[CH]1[CH][CH][CH][CH]1.[Fe+2]. The number of aryl methyl sites for hydroxylation is 1. The maximum absolute atomic E-state index is 12.8. The Morgan fingerprint density at radius 1 is 0.778 bits per heavy atom. The molecule has 0 bridgehead atoms. The zero-order valence-corrected chi connectivity index (χ0v) is 18.3. The van der Waals surface area contributed by atoms with Crippen molar-refractivity contribution < 1.29 is 21.3 Å². The fraction of sp³-hybridized carbons (Fsp3) is 0.0435. The number of rotatable bonds is 3. The van der Waals surface area contributed by atoms with E-state index in [9.17, 15) is 4.21 Å². The van der Waals surface area contributed by atoms with E-state index in [0.29, 0.717) is 0 Å². The summed E-state index contributed by atoms with van der Waals surface area (Å²) in [4.78, 5) is 0.833. The first-order valence-corrected chi connectivity index (χ1v) is 10.3. The third-order valence-corrected chi connectivity index (χ3v) is 6.08. The molecule has 10 radical (unpaired) electrons. The van der Waals surface area contributed by atoms with E-state index in [1.807, 2.05) is 107 Å². The van der Waals surface area contributed by atoms with Crippen molar-refractivity contribution in [1.29, 1.82) is 0 Å². The van der Waals surface area contributed by atoms with Gasteiger partial charge >= 0.3 is 17.1 Å². The van der Waals surface area contributed by atoms with Crippen molar-refractivity contribution >= 4 is 26.7 Å². The summed E-state index contributed by atoms with van der Waals surface area (Å²) in [6.07, 6.45) is 15.9. The van der Waals surface area contributed by atoms with E-state index in [-0.39, 0.29) is 17.1 Å². The number of hydrogen-bond acceptors (Lipinski definition) is 1. The maximum atomic E-state index is 12.8. The molecule has 0 saturated heterocycles. The number of benzene rings is 2. The van der Waals surface area contributed by atoms with Gasteiger partial charge in [-0.05, 0) is 82.1 Å². The Morgan fingerprint density at radius 2 is 1.37 bits per heavy atom. The summed E-state index contributed by atoms with van der Waals surface area (Å²) in [5.74, 6) is 1.02. The molecule has 0 spiro atoms. The van der Waals surface area contributed by atoms with Gasteiger partial charge in [0, 0.05) is 15.3 Å². The van der Waals surface area contributed by atoms with Crippen LogP contribution in [0.25, 0.3) is 0 Å². The van der Waals surface area contributed by atoms with Crippen molar-refractivity contribution in [3.8, 4) is 0 Å². The molecule has 0 aliphatic heterocycles. The van der Waals surface area contributed by atoms with E-state index in [4.69, 9.17) is 0 Å². The van der Waals surface area contributed by atoms with Crippen LogP contribution in [0.1, 0.15) is 11.1 Å². The normalized spacial score (nSPS) is 18.4. The minimum atomic E-state index is -1.17. The van der Waals surface area contributed by atoms with Crippen LogP contribution in [0, 0.1) is 69.5 Å². The molecule has 2 aliphatic rings. The van der Waals surface area contributed by atoms with E-state index < -0.39 is 10.8 Å². The van der Waals surface area contributed by atoms with Crippen molar-refractivity contribution in [2.24, 2.45) is 0 Å². The predicted octanol–water partition coefficient (Wildman–Crippen LogP) is 5.67. The van der Waals surface area contributed by atoms with Gasteiger partial charge in [-0.1, -0.05) is 51.8 Å². The predicted molar refractivity (Wildman–Crippen MR) is 112 cm³/mol. The summed E-state index contributed by atoms with van der Waals surface area (Å²) < 4.78 is 13.8. The van der Waals surface area contributed by atoms with E-state index in [1.165, 1.54) is 5.56 Å². The minimum absolute atomic E-state index is 0. The van der Waals surface area contributed by atoms with Crippen molar-refractivity contribution in [3.05, 3.63) is 127 Å². The second-order valence-electron chi connectivity index (χ2n) is 5.83. The van der Waals surface area contributed by atoms with Gasteiger partial charge in [0.2, 0.25) is 0 Å². The third kappa shape index (κ3) is 6.29. The molecule has 4 heteroatoms. The van der Waals surface area contributed by atoms with Crippen molar-refractivity contribution in [2.45, 2.75) is 11.8 Å². The molecule has 1 nitrogen and oxygen atoms in total. The molecule has 1 atom stereocenters. The molecular formula is C23H19BrFeOS+2. The molecule has 0 heterocycles. The quantitative estimate of drug-likeness (QED) is 0.519. The fourth-order valence-corrected chi connectivity index (χ4v) is 4.29. The Bertz CT molecular complexity index is 720. The Morgan fingerprint density at radius 3 is 1.96 bits per heavy atom. The summed E-state index contributed by atoms with van der Waals surface area (Å²) in [5, 5.41) is 0.853. The maximum Gasteiger partial charge on any atom is 2.00 e. The molecule has 4 rings (SSSR count). The van der Waals surface area contributed by atoms with Crippen LogP contribution in [0.2, 0.25) is 0 Å². The van der Waals surface area contributed by atoms with Crippen molar-refractivity contribution in [3.63, 3.8) is 0 Å². The van der Waals surface area contributed by atoms with Gasteiger partial charge in [0.1, 0.15) is 0 Å². The molecule has 2 fully saturated rings. The van der Waals surface area contributed by atoms with E-state index in [1.54, 1.807) is 0 Å². The second kappa shape index (κ2) is 11.6. The first kappa shape index (κ1) is 22.9. The zero-order chi connectivity index (χ0) is 18.4. The van der Waals surface area contributed by atoms with Gasteiger partial charge in [-0.2, -0.15) is 0 Å². The molecule has 2 aliphatic carbocycles. The molecular weight excluding hydrogens is 460 g/mol. The topological polar surface area (TPSA) is 17.1 Å². The van der Waals surface area contributed by atoms with E-state index >= 15 is 0 Å². The molecule has 2 aromatic carbocycles. The summed E-state index contributed by atoms with van der Waals surface area (Å²) >= 11 is 3.57. The minimum Gasteiger partial charge on any atom is -0.254 e. The van der Waals surface area contributed by atoms with Gasteiger partial charge < -0.3 is 0 Å². The van der Waals surface area contributed by atoms with Crippen LogP contribution >= 0.6 is 15.9 Å². The van der Waals surface area contributed by atoms with Crippen LogP contribution in [0.5, 0.6) is 0 Å². The van der Waals surface area contributed by atoms with Gasteiger partial charge in [-0.3, -0.25) is 4.21 Å². The van der Waals surface area contributed by atoms with Crippen LogP contribution < -0.4 is 0 Å². The Labute approximate surface area is 185 Å². The fourth-order valence-electron chi connectivity index (χ4n) is 2.58.